The summed E-state index contributed by atoms with van der Waals surface area (Å²) in [5.41, 5.74) is -0.339. The van der Waals surface area contributed by atoms with Crippen molar-refractivity contribution in [1.82, 2.24) is 5.32 Å². The summed E-state index contributed by atoms with van der Waals surface area (Å²) < 4.78 is 11.3. The fourth-order valence-electron chi connectivity index (χ4n) is 2.77. The first-order valence-corrected chi connectivity index (χ1v) is 7.66. The molecule has 2 unspecified atom stereocenters. The molecule has 0 amide bonds. The molecule has 4 nitrogen and oxygen atoms in total. The molecule has 0 aliphatic heterocycles. The van der Waals surface area contributed by atoms with Crippen molar-refractivity contribution in [3.63, 3.8) is 0 Å². The topological polar surface area (TPSA) is 54.3 Å². The van der Waals surface area contributed by atoms with Gasteiger partial charge < -0.3 is 9.47 Å². The van der Waals surface area contributed by atoms with E-state index in [0.717, 1.165) is 38.7 Å². The Kier molecular flexibility index (Phi) is 5.62. The van der Waals surface area contributed by atoms with Gasteiger partial charge in [-0.2, -0.15) is 5.26 Å². The third-order valence-electron chi connectivity index (χ3n) is 3.91. The minimum absolute atomic E-state index is 0.213. The number of rotatable bonds is 8. The minimum atomic E-state index is -0.339. The lowest BCUT2D eigenvalue weighted by molar-refractivity contribution is -0.0222. The zero-order valence-electron chi connectivity index (χ0n) is 12.0. The summed E-state index contributed by atoms with van der Waals surface area (Å²) in [6, 6.07) is 3.08. The average molecular weight is 266 g/mol. The lowest BCUT2D eigenvalue weighted by atomic mass is 9.81. The van der Waals surface area contributed by atoms with E-state index in [2.05, 4.69) is 18.3 Å². The summed E-state index contributed by atoms with van der Waals surface area (Å²) in [4.78, 5) is 0. The van der Waals surface area contributed by atoms with Gasteiger partial charge in [0.15, 0.2) is 0 Å². The van der Waals surface area contributed by atoms with Crippen molar-refractivity contribution >= 4 is 0 Å². The van der Waals surface area contributed by atoms with E-state index in [1.54, 1.807) is 0 Å². The van der Waals surface area contributed by atoms with Crippen LogP contribution in [-0.2, 0) is 9.47 Å². The predicted molar refractivity (Wildman–Crippen MR) is 73.8 cm³/mol. The van der Waals surface area contributed by atoms with E-state index < -0.39 is 0 Å². The Labute approximate surface area is 116 Å². The molecule has 108 valence electrons. The van der Waals surface area contributed by atoms with Crippen LogP contribution in [0.3, 0.4) is 0 Å². The largest absolute Gasteiger partial charge is 0.379 e. The molecule has 0 aromatic carbocycles. The Morgan fingerprint density at radius 3 is 2.79 bits per heavy atom. The second kappa shape index (κ2) is 7.23. The number of nitriles is 1. The fourth-order valence-corrected chi connectivity index (χ4v) is 2.77. The molecule has 1 N–H and O–H groups in total. The molecule has 0 saturated heterocycles. The Morgan fingerprint density at radius 2 is 2.11 bits per heavy atom. The van der Waals surface area contributed by atoms with Crippen molar-refractivity contribution in [2.75, 3.05) is 19.8 Å². The molecule has 2 rings (SSSR count). The number of hydrogen-bond acceptors (Lipinski definition) is 4. The summed E-state index contributed by atoms with van der Waals surface area (Å²) in [7, 11) is 0. The molecular formula is C15H26N2O2. The van der Waals surface area contributed by atoms with Crippen LogP contribution in [0.2, 0.25) is 0 Å². The molecule has 0 radical (unpaired) electrons. The molecule has 2 aliphatic carbocycles. The molecule has 0 aromatic rings. The van der Waals surface area contributed by atoms with Crippen LogP contribution < -0.4 is 5.32 Å². The van der Waals surface area contributed by atoms with Gasteiger partial charge in [-0.05, 0) is 38.5 Å². The summed E-state index contributed by atoms with van der Waals surface area (Å²) in [6.07, 6.45) is 7.65. The van der Waals surface area contributed by atoms with E-state index in [1.807, 2.05) is 0 Å². The van der Waals surface area contributed by atoms with Crippen molar-refractivity contribution in [2.45, 2.75) is 69.6 Å². The zero-order chi connectivity index (χ0) is 13.6. The fraction of sp³-hybridized carbons (Fsp3) is 0.933. The quantitative estimate of drug-likeness (QED) is 0.685. The molecule has 2 atom stereocenters. The summed E-state index contributed by atoms with van der Waals surface area (Å²) >= 11 is 0. The van der Waals surface area contributed by atoms with E-state index >= 15 is 0 Å². The maximum Gasteiger partial charge on any atom is 0.109 e. The van der Waals surface area contributed by atoms with Gasteiger partial charge in [-0.25, -0.2) is 0 Å². The van der Waals surface area contributed by atoms with Gasteiger partial charge in [0.1, 0.15) is 5.54 Å². The molecule has 2 aliphatic rings. The van der Waals surface area contributed by atoms with Gasteiger partial charge in [0, 0.05) is 19.1 Å². The number of nitrogens with zero attached hydrogens (tertiary/aromatic N) is 1. The number of hydrogen-bond donors (Lipinski definition) is 1. The molecule has 2 saturated carbocycles. The van der Waals surface area contributed by atoms with Crippen molar-refractivity contribution in [1.29, 1.82) is 5.26 Å². The molecular weight excluding hydrogens is 240 g/mol. The lowest BCUT2D eigenvalue weighted by Crippen LogP contribution is -2.50. The van der Waals surface area contributed by atoms with E-state index in [4.69, 9.17) is 9.47 Å². The van der Waals surface area contributed by atoms with E-state index in [0.29, 0.717) is 19.3 Å². The Bertz CT molecular complexity index is 312. The summed E-state index contributed by atoms with van der Waals surface area (Å²) in [5.74, 6) is 0. The van der Waals surface area contributed by atoms with Crippen LogP contribution >= 0.6 is 0 Å². The van der Waals surface area contributed by atoms with E-state index in [1.165, 1.54) is 12.8 Å². The SMILES string of the molecule is CCCOCCOC1CCCC(C#N)(NC2CC2)C1. The first-order valence-electron chi connectivity index (χ1n) is 7.66. The van der Waals surface area contributed by atoms with Crippen molar-refractivity contribution in [2.24, 2.45) is 0 Å². The average Bonchev–Trinajstić information content (AvgIpc) is 3.23. The standard InChI is InChI=1S/C15H26N2O2/c1-2-8-18-9-10-19-14-4-3-7-15(11-14,12-16)17-13-5-6-13/h13-14,17H,2-11H2,1H3. The smallest absolute Gasteiger partial charge is 0.109 e. The highest BCUT2D eigenvalue weighted by molar-refractivity contribution is 5.12. The highest BCUT2D eigenvalue weighted by atomic mass is 16.5. The third-order valence-corrected chi connectivity index (χ3v) is 3.91. The molecule has 0 heterocycles. The van der Waals surface area contributed by atoms with Crippen LogP contribution in [0.4, 0.5) is 0 Å². The number of nitrogens with one attached hydrogen (secondary N) is 1. The van der Waals surface area contributed by atoms with E-state index in [9.17, 15) is 5.26 Å². The van der Waals surface area contributed by atoms with Gasteiger partial charge in [0.2, 0.25) is 0 Å². The van der Waals surface area contributed by atoms with Crippen LogP contribution in [0.25, 0.3) is 0 Å². The van der Waals surface area contributed by atoms with Crippen molar-refractivity contribution in [3.8, 4) is 6.07 Å². The van der Waals surface area contributed by atoms with Crippen LogP contribution in [0.1, 0.15) is 51.9 Å². The van der Waals surface area contributed by atoms with Crippen LogP contribution in [-0.4, -0.2) is 37.5 Å². The summed E-state index contributed by atoms with van der Waals surface area (Å²) in [5, 5.41) is 13.0. The maximum atomic E-state index is 9.48. The molecule has 2 fully saturated rings. The van der Waals surface area contributed by atoms with Gasteiger partial charge in [0.25, 0.3) is 0 Å². The Balaban J connectivity index is 1.71. The molecule has 0 aromatic heterocycles. The summed E-state index contributed by atoms with van der Waals surface area (Å²) in [6.45, 7) is 4.22. The Morgan fingerprint density at radius 1 is 1.26 bits per heavy atom. The highest BCUT2D eigenvalue weighted by Crippen LogP contribution is 2.33. The first-order chi connectivity index (χ1) is 9.28. The minimum Gasteiger partial charge on any atom is -0.379 e. The zero-order valence-corrected chi connectivity index (χ0v) is 12.0. The van der Waals surface area contributed by atoms with Gasteiger partial charge in [0.05, 0.1) is 25.4 Å². The third kappa shape index (κ3) is 4.76. The lowest BCUT2D eigenvalue weighted by Gasteiger charge is -2.36. The van der Waals surface area contributed by atoms with Gasteiger partial charge in [-0.15, -0.1) is 0 Å². The van der Waals surface area contributed by atoms with Crippen molar-refractivity contribution < 1.29 is 9.47 Å². The second-order valence-electron chi connectivity index (χ2n) is 5.81. The van der Waals surface area contributed by atoms with Gasteiger partial charge in [-0.1, -0.05) is 6.92 Å². The van der Waals surface area contributed by atoms with Crippen LogP contribution in [0.5, 0.6) is 0 Å². The number of ether oxygens (including phenoxy) is 2. The normalized spacial score (nSPS) is 31.1. The second-order valence-corrected chi connectivity index (χ2v) is 5.81. The molecule has 0 bridgehead atoms. The predicted octanol–water partition coefficient (Wildman–Crippen LogP) is 2.39. The van der Waals surface area contributed by atoms with Gasteiger partial charge in [-0.3, -0.25) is 5.32 Å². The molecule has 19 heavy (non-hydrogen) atoms. The maximum absolute atomic E-state index is 9.48. The first kappa shape index (κ1) is 14.8. The van der Waals surface area contributed by atoms with Crippen molar-refractivity contribution in [3.05, 3.63) is 0 Å². The van der Waals surface area contributed by atoms with Crippen LogP contribution in [0, 0.1) is 11.3 Å². The molecule has 4 heteroatoms. The Hall–Kier alpha value is -0.630. The highest BCUT2D eigenvalue weighted by Gasteiger charge is 2.40. The monoisotopic (exact) mass is 266 g/mol. The van der Waals surface area contributed by atoms with E-state index in [-0.39, 0.29) is 11.6 Å². The van der Waals surface area contributed by atoms with Crippen LogP contribution in [0.15, 0.2) is 0 Å². The molecule has 0 spiro atoms. The van der Waals surface area contributed by atoms with Gasteiger partial charge >= 0.3 is 0 Å².